The summed E-state index contributed by atoms with van der Waals surface area (Å²) >= 11 is 1.56. The van der Waals surface area contributed by atoms with Gasteiger partial charge in [0.25, 0.3) is 0 Å². The molecule has 0 saturated heterocycles. The molecular weight excluding hydrogens is 299 g/mol. The van der Waals surface area contributed by atoms with E-state index in [9.17, 15) is 0 Å². The van der Waals surface area contributed by atoms with Crippen LogP contribution in [0.3, 0.4) is 0 Å². The van der Waals surface area contributed by atoms with E-state index in [2.05, 4.69) is 67.6 Å². The van der Waals surface area contributed by atoms with Crippen molar-refractivity contribution in [3.8, 4) is 0 Å². The minimum atomic E-state index is 0.217. The van der Waals surface area contributed by atoms with E-state index in [0.29, 0.717) is 0 Å². The fourth-order valence-electron chi connectivity index (χ4n) is 2.02. The van der Waals surface area contributed by atoms with Crippen LogP contribution >= 0.6 is 0 Å². The van der Waals surface area contributed by atoms with E-state index in [1.807, 2.05) is 0 Å². The summed E-state index contributed by atoms with van der Waals surface area (Å²) in [6, 6.07) is 21.7. The van der Waals surface area contributed by atoms with Gasteiger partial charge in [-0.1, -0.05) is 0 Å². The van der Waals surface area contributed by atoms with Crippen LogP contribution in [-0.4, -0.2) is 22.5 Å². The zero-order valence-electron chi connectivity index (χ0n) is 9.48. The quantitative estimate of drug-likeness (QED) is 0.761. The summed E-state index contributed by atoms with van der Waals surface area (Å²) in [6.07, 6.45) is 1.15. The molecule has 16 heavy (non-hydrogen) atoms. The van der Waals surface area contributed by atoms with Crippen LogP contribution in [-0.2, 0) is 3.43 Å². The number of rotatable bonds is 3. The molecule has 0 saturated carbocycles. The molecule has 0 amide bonds. The van der Waals surface area contributed by atoms with Crippen molar-refractivity contribution in [2.45, 2.75) is 16.8 Å². The van der Waals surface area contributed by atoms with Gasteiger partial charge in [-0.05, 0) is 0 Å². The van der Waals surface area contributed by atoms with Crippen molar-refractivity contribution in [2.24, 2.45) is 0 Å². The molecule has 2 aromatic rings. The van der Waals surface area contributed by atoms with Crippen LogP contribution in [0.2, 0.25) is 0 Å². The van der Waals surface area contributed by atoms with Crippen LogP contribution in [0.1, 0.15) is 24.5 Å². The Morgan fingerprint density at radius 1 is 0.812 bits per heavy atom. The standard InChI is InChI=1S/C15H15.Sn/c1-2-15(13-9-5-3-6-10-13)14-11-7-4-8-12-14;/h3-12H,2H2,1H3;. The van der Waals surface area contributed by atoms with Crippen molar-refractivity contribution >= 4 is 22.5 Å². The first kappa shape index (κ1) is 11.7. The summed E-state index contributed by atoms with van der Waals surface area (Å²) in [5, 5.41) is 0. The molecule has 1 heteroatoms. The first-order valence-electron chi connectivity index (χ1n) is 5.63. The maximum absolute atomic E-state index is 2.27. The Morgan fingerprint density at radius 2 is 1.19 bits per heavy atom. The van der Waals surface area contributed by atoms with Gasteiger partial charge in [-0.2, -0.15) is 0 Å². The van der Waals surface area contributed by atoms with Gasteiger partial charge in [0, 0.05) is 0 Å². The second-order valence-corrected chi connectivity index (χ2v) is 6.43. The first-order valence-corrected chi connectivity index (χ1v) is 7.06. The van der Waals surface area contributed by atoms with Gasteiger partial charge in [0.1, 0.15) is 0 Å². The molecule has 2 aromatic carbocycles. The zero-order valence-corrected chi connectivity index (χ0v) is 12.3. The summed E-state index contributed by atoms with van der Waals surface area (Å²) in [5.41, 5.74) is 2.86. The predicted molar refractivity (Wildman–Crippen MR) is 69.7 cm³/mol. The third-order valence-corrected chi connectivity index (χ3v) is 5.72. The van der Waals surface area contributed by atoms with E-state index in [-0.39, 0.29) is 3.43 Å². The molecule has 0 spiro atoms. The van der Waals surface area contributed by atoms with Crippen molar-refractivity contribution in [1.29, 1.82) is 0 Å². The van der Waals surface area contributed by atoms with Crippen molar-refractivity contribution in [3.63, 3.8) is 0 Å². The third-order valence-electron chi connectivity index (χ3n) is 3.06. The maximum atomic E-state index is 2.27. The van der Waals surface area contributed by atoms with Crippen LogP contribution < -0.4 is 0 Å². The monoisotopic (exact) mass is 315 g/mol. The van der Waals surface area contributed by atoms with Gasteiger partial charge in [-0.15, -0.1) is 0 Å². The van der Waals surface area contributed by atoms with Gasteiger partial charge >= 0.3 is 111 Å². The molecule has 0 nitrogen and oxygen atoms in total. The molecule has 0 aliphatic rings. The summed E-state index contributed by atoms with van der Waals surface area (Å²) in [6.45, 7) is 2.27. The number of benzene rings is 2. The van der Waals surface area contributed by atoms with Crippen LogP contribution in [0.4, 0.5) is 0 Å². The molecule has 0 N–H and O–H groups in total. The van der Waals surface area contributed by atoms with Gasteiger partial charge in [-0.3, -0.25) is 0 Å². The second-order valence-electron chi connectivity index (χ2n) is 3.99. The van der Waals surface area contributed by atoms with Crippen molar-refractivity contribution in [3.05, 3.63) is 71.8 Å². The van der Waals surface area contributed by atoms with Crippen LogP contribution in [0, 0.1) is 0 Å². The second kappa shape index (κ2) is 5.05. The van der Waals surface area contributed by atoms with E-state index in [0.717, 1.165) is 6.42 Å². The molecule has 0 aliphatic heterocycles. The van der Waals surface area contributed by atoms with E-state index in [1.54, 1.807) is 22.5 Å². The molecule has 0 unspecified atom stereocenters. The Labute approximate surface area is 111 Å². The molecule has 0 fully saturated rings. The van der Waals surface area contributed by atoms with E-state index < -0.39 is 0 Å². The van der Waals surface area contributed by atoms with Gasteiger partial charge in [0.05, 0.1) is 0 Å². The summed E-state index contributed by atoms with van der Waals surface area (Å²) in [5.74, 6) is 0. The molecule has 0 atom stereocenters. The summed E-state index contributed by atoms with van der Waals surface area (Å²) < 4.78 is 0.217. The molecule has 0 aromatic heterocycles. The normalized spacial score (nSPS) is 11.4. The van der Waals surface area contributed by atoms with E-state index in [4.69, 9.17) is 0 Å². The Morgan fingerprint density at radius 3 is 1.50 bits per heavy atom. The Kier molecular flexibility index (Phi) is 3.69. The van der Waals surface area contributed by atoms with Gasteiger partial charge in [-0.25, -0.2) is 0 Å². The minimum absolute atomic E-state index is 0.217. The summed E-state index contributed by atoms with van der Waals surface area (Å²) in [7, 11) is 0. The Bertz CT molecular complexity index is 394. The molecule has 79 valence electrons. The molecule has 3 radical (unpaired) electrons. The molecule has 0 heterocycles. The third kappa shape index (κ3) is 2.17. The van der Waals surface area contributed by atoms with Crippen LogP contribution in [0.15, 0.2) is 60.7 Å². The van der Waals surface area contributed by atoms with E-state index >= 15 is 0 Å². The summed E-state index contributed by atoms with van der Waals surface area (Å²) in [4.78, 5) is 0. The van der Waals surface area contributed by atoms with Gasteiger partial charge in [0.2, 0.25) is 0 Å². The van der Waals surface area contributed by atoms with Crippen LogP contribution in [0.25, 0.3) is 0 Å². The molecule has 0 aliphatic carbocycles. The van der Waals surface area contributed by atoms with Gasteiger partial charge in [0.15, 0.2) is 0 Å². The van der Waals surface area contributed by atoms with Crippen molar-refractivity contribution < 1.29 is 0 Å². The average molecular weight is 314 g/mol. The molecule has 2 rings (SSSR count). The van der Waals surface area contributed by atoms with Crippen molar-refractivity contribution in [2.75, 3.05) is 0 Å². The number of hydrogen-bond donors (Lipinski definition) is 0. The SMILES string of the molecule is CC[C]([Sn])(c1ccccc1)c1ccccc1. The fraction of sp³-hybridized carbons (Fsp3) is 0.200. The predicted octanol–water partition coefficient (Wildman–Crippen LogP) is 3.51. The zero-order chi connectivity index (χ0) is 11.4. The Hall–Kier alpha value is -0.761. The molecular formula is C15H15Sn. The van der Waals surface area contributed by atoms with Crippen LogP contribution in [0.5, 0.6) is 0 Å². The topological polar surface area (TPSA) is 0 Å². The van der Waals surface area contributed by atoms with Gasteiger partial charge < -0.3 is 0 Å². The average Bonchev–Trinajstić information content (AvgIpc) is 2.40. The first-order chi connectivity index (χ1) is 7.77. The van der Waals surface area contributed by atoms with E-state index in [1.165, 1.54) is 11.1 Å². The Balaban J connectivity index is 2.49. The fourth-order valence-corrected chi connectivity index (χ4v) is 2.97. The van der Waals surface area contributed by atoms with Crippen molar-refractivity contribution in [1.82, 2.24) is 0 Å². The number of hydrogen-bond acceptors (Lipinski definition) is 0. The molecule has 0 bridgehead atoms.